The second-order valence-electron chi connectivity index (χ2n) is 3.75. The van der Waals surface area contributed by atoms with Crippen molar-refractivity contribution in [1.82, 2.24) is 4.98 Å². The van der Waals surface area contributed by atoms with Gasteiger partial charge >= 0.3 is 0 Å². The van der Waals surface area contributed by atoms with Crippen molar-refractivity contribution < 1.29 is 8.42 Å². The van der Waals surface area contributed by atoms with Gasteiger partial charge in [-0.05, 0) is 18.2 Å². The van der Waals surface area contributed by atoms with Gasteiger partial charge in [0.05, 0.1) is 16.3 Å². The van der Waals surface area contributed by atoms with Crippen LogP contribution in [0.5, 0.6) is 0 Å². The van der Waals surface area contributed by atoms with Gasteiger partial charge < -0.3 is 10.7 Å². The van der Waals surface area contributed by atoms with E-state index in [1.165, 1.54) is 0 Å². The summed E-state index contributed by atoms with van der Waals surface area (Å²) in [5.41, 5.74) is 7.68. The smallest absolute Gasteiger partial charge is 0.180 e. The van der Waals surface area contributed by atoms with Crippen LogP contribution in [0.25, 0.3) is 11.3 Å². The third-order valence-electron chi connectivity index (χ3n) is 2.60. The molecule has 0 bridgehead atoms. The van der Waals surface area contributed by atoms with Crippen molar-refractivity contribution in [3.8, 4) is 11.3 Å². The summed E-state index contributed by atoms with van der Waals surface area (Å²) >= 11 is 0. The fraction of sp³-hybridized carbons (Fsp3) is 0.167. The first-order valence-corrected chi connectivity index (χ1v) is 6.96. The minimum absolute atomic E-state index is 0.0835. The number of aromatic nitrogens is 1. The lowest BCUT2D eigenvalue weighted by Crippen LogP contribution is -2.04. The summed E-state index contributed by atoms with van der Waals surface area (Å²) in [4.78, 5) is 3.28. The van der Waals surface area contributed by atoms with E-state index in [2.05, 4.69) is 4.98 Å². The van der Waals surface area contributed by atoms with Crippen molar-refractivity contribution in [1.29, 1.82) is 0 Å². The van der Waals surface area contributed by atoms with Gasteiger partial charge in [-0.15, -0.1) is 0 Å². The van der Waals surface area contributed by atoms with Crippen molar-refractivity contribution in [2.24, 2.45) is 0 Å². The first-order valence-electron chi connectivity index (χ1n) is 5.30. The van der Waals surface area contributed by atoms with Crippen LogP contribution in [0.3, 0.4) is 0 Å². The largest absolute Gasteiger partial charge is 0.399 e. The van der Waals surface area contributed by atoms with Crippen molar-refractivity contribution in [2.45, 2.75) is 11.8 Å². The Hall–Kier alpha value is -1.75. The highest BCUT2D eigenvalue weighted by Crippen LogP contribution is 2.27. The summed E-state index contributed by atoms with van der Waals surface area (Å²) < 4.78 is 23.8. The molecule has 1 aromatic carbocycles. The summed E-state index contributed by atoms with van der Waals surface area (Å²) in [5.74, 6) is 0.0835. The predicted octanol–water partition coefficient (Wildman–Crippen LogP) is 2.06. The molecule has 4 nitrogen and oxygen atoms in total. The Morgan fingerprint density at radius 3 is 2.71 bits per heavy atom. The molecule has 0 aliphatic carbocycles. The van der Waals surface area contributed by atoms with Crippen molar-refractivity contribution in [3.05, 3.63) is 36.5 Å². The van der Waals surface area contributed by atoms with Crippen LogP contribution in [0, 0.1) is 0 Å². The molecule has 17 heavy (non-hydrogen) atoms. The van der Waals surface area contributed by atoms with Crippen LogP contribution >= 0.6 is 0 Å². The molecule has 0 unspecified atom stereocenters. The number of nitrogens with two attached hydrogens (primary N) is 1. The molecule has 0 saturated heterocycles. The average molecular weight is 250 g/mol. The van der Waals surface area contributed by atoms with E-state index in [-0.39, 0.29) is 5.75 Å². The number of sulfone groups is 1. The maximum absolute atomic E-state index is 11.9. The van der Waals surface area contributed by atoms with Crippen LogP contribution in [0.15, 0.2) is 41.4 Å². The average Bonchev–Trinajstić information content (AvgIpc) is 2.78. The SMILES string of the molecule is CCS(=O)(=O)c1cc[nH]c1-c1cccc(N)c1. The Bertz CT molecular complexity index is 629. The van der Waals surface area contributed by atoms with Crippen LogP contribution in [0.1, 0.15) is 6.92 Å². The molecule has 0 saturated carbocycles. The van der Waals surface area contributed by atoms with Crippen LogP contribution in [0.4, 0.5) is 5.69 Å². The van der Waals surface area contributed by atoms with Crippen LogP contribution in [0.2, 0.25) is 0 Å². The number of hydrogen-bond acceptors (Lipinski definition) is 3. The summed E-state index contributed by atoms with van der Waals surface area (Å²) in [6.07, 6.45) is 1.63. The zero-order valence-corrected chi connectivity index (χ0v) is 10.3. The van der Waals surface area contributed by atoms with Crippen molar-refractivity contribution in [2.75, 3.05) is 11.5 Å². The highest BCUT2D eigenvalue weighted by atomic mass is 32.2. The highest BCUT2D eigenvalue weighted by Gasteiger charge is 2.18. The van der Waals surface area contributed by atoms with E-state index >= 15 is 0 Å². The lowest BCUT2D eigenvalue weighted by atomic mass is 10.1. The van der Waals surface area contributed by atoms with E-state index in [1.54, 1.807) is 37.4 Å². The normalized spacial score (nSPS) is 11.6. The fourth-order valence-electron chi connectivity index (χ4n) is 1.69. The number of benzene rings is 1. The van der Waals surface area contributed by atoms with Gasteiger partial charge in [0.2, 0.25) is 0 Å². The Labute approximate surface area is 100 Å². The first-order chi connectivity index (χ1) is 8.04. The van der Waals surface area contributed by atoms with E-state index in [4.69, 9.17) is 5.73 Å². The predicted molar refractivity (Wildman–Crippen MR) is 68.4 cm³/mol. The minimum Gasteiger partial charge on any atom is -0.399 e. The first kappa shape index (κ1) is 11.7. The molecule has 2 aromatic rings. The Morgan fingerprint density at radius 2 is 2.06 bits per heavy atom. The molecule has 0 radical (unpaired) electrons. The van der Waals surface area contributed by atoms with Gasteiger partial charge in [-0.3, -0.25) is 0 Å². The summed E-state index contributed by atoms with van der Waals surface area (Å²) in [5, 5.41) is 0. The van der Waals surface area contributed by atoms with Crippen LogP contribution in [-0.2, 0) is 9.84 Å². The number of nitrogens with one attached hydrogen (secondary N) is 1. The van der Waals surface area contributed by atoms with Gasteiger partial charge in [-0.2, -0.15) is 0 Å². The molecule has 2 rings (SSSR count). The number of anilines is 1. The molecule has 90 valence electrons. The fourth-order valence-corrected chi connectivity index (χ4v) is 2.76. The molecule has 5 heteroatoms. The molecule has 1 heterocycles. The summed E-state index contributed by atoms with van der Waals surface area (Å²) in [6, 6.07) is 8.73. The Morgan fingerprint density at radius 1 is 1.29 bits per heavy atom. The molecule has 3 N–H and O–H groups in total. The number of aromatic amines is 1. The molecular formula is C12H14N2O2S. The Balaban J connectivity index is 2.59. The molecule has 1 aromatic heterocycles. The Kier molecular flexibility index (Phi) is 2.93. The zero-order chi connectivity index (χ0) is 12.5. The summed E-state index contributed by atoms with van der Waals surface area (Å²) in [7, 11) is -3.22. The van der Waals surface area contributed by atoms with E-state index in [9.17, 15) is 8.42 Å². The van der Waals surface area contributed by atoms with Crippen molar-refractivity contribution >= 4 is 15.5 Å². The van der Waals surface area contributed by atoms with Gasteiger partial charge in [-0.25, -0.2) is 8.42 Å². The monoisotopic (exact) mass is 250 g/mol. The second kappa shape index (κ2) is 4.25. The van der Waals surface area contributed by atoms with Gasteiger partial charge in [0.1, 0.15) is 0 Å². The standard InChI is InChI=1S/C12H14N2O2S/c1-2-17(15,16)11-6-7-14-12(11)9-4-3-5-10(13)8-9/h3-8,14H,2,13H2,1H3. The molecule has 0 atom stereocenters. The lowest BCUT2D eigenvalue weighted by Gasteiger charge is -2.05. The summed E-state index contributed by atoms with van der Waals surface area (Å²) in [6.45, 7) is 1.63. The molecule has 0 aliphatic rings. The van der Waals surface area contributed by atoms with Gasteiger partial charge in [0.15, 0.2) is 9.84 Å². The topological polar surface area (TPSA) is 76.0 Å². The van der Waals surface area contributed by atoms with Gasteiger partial charge in [0, 0.05) is 17.4 Å². The van der Waals surface area contributed by atoms with Gasteiger partial charge in [0.25, 0.3) is 0 Å². The van der Waals surface area contributed by atoms with Gasteiger partial charge in [-0.1, -0.05) is 19.1 Å². The molecule has 0 spiro atoms. The molecule has 0 fully saturated rings. The quantitative estimate of drug-likeness (QED) is 0.819. The third kappa shape index (κ3) is 2.19. The van der Waals surface area contributed by atoms with E-state index in [1.807, 2.05) is 6.07 Å². The van der Waals surface area contributed by atoms with E-state index in [0.29, 0.717) is 16.3 Å². The maximum Gasteiger partial charge on any atom is 0.180 e. The van der Waals surface area contributed by atoms with Crippen molar-refractivity contribution in [3.63, 3.8) is 0 Å². The second-order valence-corrected chi connectivity index (χ2v) is 5.99. The molecular weight excluding hydrogens is 236 g/mol. The maximum atomic E-state index is 11.9. The van der Waals surface area contributed by atoms with Crippen LogP contribution in [-0.4, -0.2) is 19.2 Å². The van der Waals surface area contributed by atoms with E-state index in [0.717, 1.165) is 5.56 Å². The minimum atomic E-state index is -3.22. The third-order valence-corrected chi connectivity index (χ3v) is 4.37. The zero-order valence-electron chi connectivity index (χ0n) is 9.47. The number of H-pyrrole nitrogens is 1. The highest BCUT2D eigenvalue weighted by molar-refractivity contribution is 7.91. The number of rotatable bonds is 3. The van der Waals surface area contributed by atoms with E-state index < -0.39 is 9.84 Å². The number of nitrogen functional groups attached to an aromatic ring is 1. The number of hydrogen-bond donors (Lipinski definition) is 2. The molecule has 0 aliphatic heterocycles. The van der Waals surface area contributed by atoms with Crippen LogP contribution < -0.4 is 5.73 Å². The molecule has 0 amide bonds. The lowest BCUT2D eigenvalue weighted by molar-refractivity contribution is 0.597.